The average Bonchev–Trinajstić information content (AvgIpc) is 2.28. The number of nitrogens with two attached hydrogens (primary N) is 1. The van der Waals surface area contributed by atoms with E-state index in [0.29, 0.717) is 11.3 Å². The van der Waals surface area contributed by atoms with E-state index >= 15 is 0 Å². The van der Waals surface area contributed by atoms with Crippen molar-refractivity contribution in [3.8, 4) is 0 Å². The summed E-state index contributed by atoms with van der Waals surface area (Å²) in [6, 6.07) is 11.7. The van der Waals surface area contributed by atoms with E-state index in [1.54, 1.807) is 12.1 Å². The molecule has 0 aromatic heterocycles. The number of hydrogen-bond donors (Lipinski definition) is 2. The number of anilines is 2. The van der Waals surface area contributed by atoms with Crippen molar-refractivity contribution in [1.82, 2.24) is 0 Å². The first-order chi connectivity index (χ1) is 8.58. The number of nitrogens with one attached hydrogen (secondary N) is 1. The minimum Gasteiger partial charge on any atom is -0.389 e. The third-order valence-corrected chi connectivity index (χ3v) is 3.23. The molecule has 3 N–H and O–H groups in total. The van der Waals surface area contributed by atoms with Gasteiger partial charge in [-0.3, -0.25) is 0 Å². The zero-order chi connectivity index (χ0) is 13.1. The van der Waals surface area contributed by atoms with Crippen LogP contribution in [0.2, 0.25) is 0 Å². The Balaban J connectivity index is 2.40. The van der Waals surface area contributed by atoms with Crippen molar-refractivity contribution in [3.63, 3.8) is 0 Å². The van der Waals surface area contributed by atoms with E-state index < -0.39 is 0 Å². The lowest BCUT2D eigenvalue weighted by molar-refractivity contribution is 0.628. The number of thiocarbonyl (C=S) groups is 1. The van der Waals surface area contributed by atoms with Gasteiger partial charge in [0.1, 0.15) is 10.8 Å². The zero-order valence-corrected chi connectivity index (χ0v) is 11.7. The van der Waals surface area contributed by atoms with Crippen LogP contribution in [0.25, 0.3) is 0 Å². The quantitative estimate of drug-likeness (QED) is 0.839. The summed E-state index contributed by atoms with van der Waals surface area (Å²) in [6.45, 7) is 0. The molecule has 0 aliphatic rings. The molecule has 0 unspecified atom stereocenters. The summed E-state index contributed by atoms with van der Waals surface area (Å²) in [5, 5.41) is 3.10. The molecule has 2 aromatic carbocycles. The Kier molecular flexibility index (Phi) is 3.93. The highest BCUT2D eigenvalue weighted by Crippen LogP contribution is 2.27. The van der Waals surface area contributed by atoms with Gasteiger partial charge in [-0.25, -0.2) is 4.39 Å². The highest BCUT2D eigenvalue weighted by Gasteiger charge is 2.09. The first kappa shape index (κ1) is 13.0. The molecule has 18 heavy (non-hydrogen) atoms. The van der Waals surface area contributed by atoms with Crippen molar-refractivity contribution < 1.29 is 4.39 Å². The van der Waals surface area contributed by atoms with E-state index in [4.69, 9.17) is 18.0 Å². The van der Waals surface area contributed by atoms with E-state index in [-0.39, 0.29) is 10.8 Å². The molecule has 2 aromatic rings. The van der Waals surface area contributed by atoms with E-state index in [1.807, 2.05) is 18.2 Å². The monoisotopic (exact) mass is 324 g/mol. The van der Waals surface area contributed by atoms with Crippen LogP contribution in [0.4, 0.5) is 15.8 Å². The van der Waals surface area contributed by atoms with E-state index in [2.05, 4.69) is 21.2 Å². The molecular weight excluding hydrogens is 315 g/mol. The summed E-state index contributed by atoms with van der Waals surface area (Å²) in [6.07, 6.45) is 0. The fourth-order valence-corrected chi connectivity index (χ4v) is 2.53. The van der Waals surface area contributed by atoms with Crippen molar-refractivity contribution in [2.24, 2.45) is 5.73 Å². The first-order valence-corrected chi connectivity index (χ1v) is 6.39. The second-order valence-corrected chi connectivity index (χ2v) is 4.96. The van der Waals surface area contributed by atoms with Crippen molar-refractivity contribution in [2.75, 3.05) is 5.32 Å². The number of rotatable bonds is 3. The van der Waals surface area contributed by atoms with Gasteiger partial charge in [0.15, 0.2) is 0 Å². The van der Waals surface area contributed by atoms with Crippen LogP contribution in [0, 0.1) is 5.82 Å². The van der Waals surface area contributed by atoms with E-state index in [1.165, 1.54) is 12.1 Å². The topological polar surface area (TPSA) is 38.0 Å². The summed E-state index contributed by atoms with van der Waals surface area (Å²) < 4.78 is 13.9. The van der Waals surface area contributed by atoms with Gasteiger partial charge in [0.25, 0.3) is 0 Å². The lowest BCUT2D eigenvalue weighted by Crippen LogP contribution is -2.12. The molecule has 0 fully saturated rings. The van der Waals surface area contributed by atoms with Crippen molar-refractivity contribution in [3.05, 3.63) is 58.3 Å². The standard InChI is InChI=1S/C13H10BrFN2S/c14-10-5-2-6-11(12(10)13(16)18)17-9-4-1-3-8(15)7-9/h1-7,17H,(H2,16,18). The summed E-state index contributed by atoms with van der Waals surface area (Å²) in [4.78, 5) is 0.279. The Bertz CT molecular complexity index is 601. The molecule has 0 saturated carbocycles. The summed E-state index contributed by atoms with van der Waals surface area (Å²) in [5.41, 5.74) is 7.77. The second-order valence-electron chi connectivity index (χ2n) is 3.66. The largest absolute Gasteiger partial charge is 0.389 e. The van der Waals surface area contributed by atoms with Crippen molar-refractivity contribution in [1.29, 1.82) is 0 Å². The first-order valence-electron chi connectivity index (χ1n) is 5.19. The number of halogens is 2. The minimum absolute atomic E-state index is 0.279. The zero-order valence-electron chi connectivity index (χ0n) is 9.28. The number of hydrogen-bond acceptors (Lipinski definition) is 2. The Morgan fingerprint density at radius 3 is 2.61 bits per heavy atom. The summed E-state index contributed by atoms with van der Waals surface area (Å²) in [5.74, 6) is -0.299. The predicted molar refractivity (Wildman–Crippen MR) is 79.7 cm³/mol. The smallest absolute Gasteiger partial charge is 0.125 e. The molecule has 0 bridgehead atoms. The average molecular weight is 325 g/mol. The predicted octanol–water partition coefficient (Wildman–Crippen LogP) is 3.97. The van der Waals surface area contributed by atoms with Gasteiger partial charge < -0.3 is 11.1 Å². The van der Waals surface area contributed by atoms with Crippen LogP contribution in [0.3, 0.4) is 0 Å². The van der Waals surface area contributed by atoms with Gasteiger partial charge in [-0.05, 0) is 46.3 Å². The van der Waals surface area contributed by atoms with Gasteiger partial charge in [-0.1, -0.05) is 24.4 Å². The third kappa shape index (κ3) is 2.86. The maximum absolute atomic E-state index is 13.1. The molecular formula is C13H10BrFN2S. The van der Waals surface area contributed by atoms with Crippen molar-refractivity contribution >= 4 is 44.5 Å². The van der Waals surface area contributed by atoms with Crippen LogP contribution < -0.4 is 11.1 Å². The van der Waals surface area contributed by atoms with Crippen LogP contribution in [0.5, 0.6) is 0 Å². The molecule has 0 aliphatic heterocycles. The fourth-order valence-electron chi connectivity index (χ4n) is 1.60. The number of benzene rings is 2. The molecule has 2 nitrogen and oxygen atoms in total. The molecule has 0 aliphatic carbocycles. The van der Waals surface area contributed by atoms with Crippen molar-refractivity contribution in [2.45, 2.75) is 0 Å². The molecule has 0 atom stereocenters. The highest BCUT2D eigenvalue weighted by molar-refractivity contribution is 9.10. The highest BCUT2D eigenvalue weighted by atomic mass is 79.9. The van der Waals surface area contributed by atoms with E-state index in [0.717, 1.165) is 10.2 Å². The van der Waals surface area contributed by atoms with E-state index in [9.17, 15) is 4.39 Å². The minimum atomic E-state index is -0.299. The fraction of sp³-hybridized carbons (Fsp3) is 0. The lowest BCUT2D eigenvalue weighted by Gasteiger charge is -2.12. The van der Waals surface area contributed by atoms with Gasteiger partial charge in [0.05, 0.1) is 0 Å². The van der Waals surface area contributed by atoms with Crippen LogP contribution in [0.15, 0.2) is 46.9 Å². The molecule has 0 amide bonds. The summed E-state index contributed by atoms with van der Waals surface area (Å²) >= 11 is 8.41. The Hall–Kier alpha value is -1.46. The Labute approximate surface area is 118 Å². The molecule has 0 heterocycles. The van der Waals surface area contributed by atoms with Gasteiger partial charge in [0.2, 0.25) is 0 Å². The third-order valence-electron chi connectivity index (χ3n) is 2.36. The van der Waals surface area contributed by atoms with Crippen LogP contribution in [0.1, 0.15) is 5.56 Å². The molecule has 0 spiro atoms. The van der Waals surface area contributed by atoms with Gasteiger partial charge in [0, 0.05) is 21.4 Å². The van der Waals surface area contributed by atoms with Gasteiger partial charge >= 0.3 is 0 Å². The van der Waals surface area contributed by atoms with Gasteiger partial charge in [-0.15, -0.1) is 0 Å². The lowest BCUT2D eigenvalue weighted by atomic mass is 10.1. The molecule has 0 radical (unpaired) electrons. The maximum Gasteiger partial charge on any atom is 0.125 e. The molecule has 2 rings (SSSR count). The molecule has 5 heteroatoms. The second kappa shape index (κ2) is 5.46. The Morgan fingerprint density at radius 2 is 1.94 bits per heavy atom. The molecule has 0 saturated heterocycles. The van der Waals surface area contributed by atoms with Crippen LogP contribution in [-0.2, 0) is 0 Å². The summed E-state index contributed by atoms with van der Waals surface area (Å²) in [7, 11) is 0. The molecule has 92 valence electrons. The SMILES string of the molecule is NC(=S)c1c(Br)cccc1Nc1cccc(F)c1. The normalized spacial score (nSPS) is 10.1. The van der Waals surface area contributed by atoms with Crippen LogP contribution >= 0.6 is 28.1 Å². The van der Waals surface area contributed by atoms with Gasteiger partial charge in [-0.2, -0.15) is 0 Å². The Morgan fingerprint density at radius 1 is 1.22 bits per heavy atom. The van der Waals surface area contributed by atoms with Crippen LogP contribution in [-0.4, -0.2) is 4.99 Å². The maximum atomic E-state index is 13.1.